The van der Waals surface area contributed by atoms with Crippen molar-refractivity contribution in [1.29, 1.82) is 0 Å². The molecule has 0 radical (unpaired) electrons. The molecule has 1 aliphatic heterocycles. The summed E-state index contributed by atoms with van der Waals surface area (Å²) in [5.41, 5.74) is 1.35. The number of pyridine rings is 1. The van der Waals surface area contributed by atoms with Gasteiger partial charge in [0.15, 0.2) is 11.6 Å². The molecule has 2 N–H and O–H groups in total. The number of fused-ring (bicyclic) bond motifs is 1. The van der Waals surface area contributed by atoms with Crippen LogP contribution in [0.1, 0.15) is 18.7 Å². The van der Waals surface area contributed by atoms with E-state index in [1.165, 1.54) is 0 Å². The second kappa shape index (κ2) is 5.69. The molecule has 108 valence electrons. The van der Waals surface area contributed by atoms with Crippen LogP contribution in [0.3, 0.4) is 0 Å². The Labute approximate surface area is 124 Å². The molecule has 3 rings (SSSR count). The van der Waals surface area contributed by atoms with Crippen LogP contribution < -0.4 is 10.6 Å². The summed E-state index contributed by atoms with van der Waals surface area (Å²) in [6.07, 6.45) is 1.71. The number of anilines is 1. The van der Waals surface area contributed by atoms with E-state index in [2.05, 4.69) is 20.0 Å². The average Bonchev–Trinajstić information content (AvgIpc) is 2.49. The predicted molar refractivity (Wildman–Crippen MR) is 79.1 cm³/mol. The zero-order valence-corrected chi connectivity index (χ0v) is 11.9. The summed E-state index contributed by atoms with van der Waals surface area (Å²) in [5.74, 6) is -1.28. The summed E-state index contributed by atoms with van der Waals surface area (Å²) in [6.45, 7) is 1.94. The van der Waals surface area contributed by atoms with Crippen LogP contribution in [0, 0.1) is 11.6 Å². The summed E-state index contributed by atoms with van der Waals surface area (Å²) >= 11 is 1.09. The molecule has 1 aromatic heterocycles. The molecule has 1 atom stereocenters. The standard InChI is InChI=1S/C14H12F2N4S/c1-8(11-4-2-3-5-17-11)18-14-19-12-6-9(15)10(16)7-13(12)21-20-14/h2-8H,1H3,(H2,18,19,20). The first kappa shape index (κ1) is 13.8. The molecule has 2 aromatic rings. The van der Waals surface area contributed by atoms with Crippen molar-refractivity contribution in [3.8, 4) is 0 Å². The van der Waals surface area contributed by atoms with Crippen molar-refractivity contribution in [2.45, 2.75) is 17.9 Å². The number of hydrogen-bond acceptors (Lipinski definition) is 5. The van der Waals surface area contributed by atoms with E-state index in [9.17, 15) is 8.78 Å². The zero-order valence-electron chi connectivity index (χ0n) is 11.1. The van der Waals surface area contributed by atoms with Crippen LogP contribution >= 0.6 is 11.9 Å². The Kier molecular flexibility index (Phi) is 3.74. The molecule has 2 heterocycles. The predicted octanol–water partition coefficient (Wildman–Crippen LogP) is 3.50. The van der Waals surface area contributed by atoms with Crippen molar-refractivity contribution in [2.24, 2.45) is 4.40 Å². The van der Waals surface area contributed by atoms with Gasteiger partial charge < -0.3 is 10.6 Å². The van der Waals surface area contributed by atoms with Crippen molar-refractivity contribution in [1.82, 2.24) is 10.3 Å². The van der Waals surface area contributed by atoms with Crippen molar-refractivity contribution in [3.63, 3.8) is 0 Å². The summed E-state index contributed by atoms with van der Waals surface area (Å²) < 4.78 is 30.6. The van der Waals surface area contributed by atoms with E-state index in [-0.39, 0.29) is 6.04 Å². The van der Waals surface area contributed by atoms with Crippen LogP contribution in [-0.4, -0.2) is 10.9 Å². The Morgan fingerprint density at radius 3 is 2.81 bits per heavy atom. The average molecular weight is 306 g/mol. The summed E-state index contributed by atoms with van der Waals surface area (Å²) in [5, 5.41) is 6.10. The normalized spacial score (nSPS) is 14.7. The fourth-order valence-corrected chi connectivity index (χ4v) is 2.57. The maximum Gasteiger partial charge on any atom is 0.208 e. The van der Waals surface area contributed by atoms with E-state index >= 15 is 0 Å². The maximum atomic E-state index is 13.3. The van der Waals surface area contributed by atoms with Crippen molar-refractivity contribution < 1.29 is 8.78 Å². The topological polar surface area (TPSA) is 49.3 Å². The van der Waals surface area contributed by atoms with Gasteiger partial charge in [-0.15, -0.1) is 0 Å². The lowest BCUT2D eigenvalue weighted by molar-refractivity contribution is 0.506. The second-order valence-corrected chi connectivity index (χ2v) is 5.34. The molecule has 7 heteroatoms. The van der Waals surface area contributed by atoms with Crippen LogP contribution in [0.2, 0.25) is 0 Å². The summed E-state index contributed by atoms with van der Waals surface area (Å²) in [4.78, 5) is 4.80. The minimum atomic E-state index is -0.888. The van der Waals surface area contributed by atoms with Gasteiger partial charge in [-0.25, -0.2) is 8.78 Å². The van der Waals surface area contributed by atoms with Crippen molar-refractivity contribution in [2.75, 3.05) is 5.32 Å². The molecular formula is C14H12F2N4S. The first-order valence-electron chi connectivity index (χ1n) is 6.32. The number of benzene rings is 1. The lowest BCUT2D eigenvalue weighted by Crippen LogP contribution is -2.34. The SMILES string of the molecule is CC(NC1=NSc2cc(F)c(F)cc2N1)c1ccccn1. The highest BCUT2D eigenvalue weighted by molar-refractivity contribution is 7.98. The molecule has 1 aliphatic rings. The first-order chi connectivity index (χ1) is 10.1. The number of halogens is 2. The van der Waals surface area contributed by atoms with Gasteiger partial charge in [-0.1, -0.05) is 6.07 Å². The van der Waals surface area contributed by atoms with E-state index < -0.39 is 11.6 Å². The van der Waals surface area contributed by atoms with Gasteiger partial charge in [0.1, 0.15) is 0 Å². The summed E-state index contributed by atoms with van der Waals surface area (Å²) in [7, 11) is 0. The smallest absolute Gasteiger partial charge is 0.208 e. The Hall–Kier alpha value is -2.15. The van der Waals surface area contributed by atoms with Gasteiger partial charge in [0, 0.05) is 24.2 Å². The molecule has 0 saturated heterocycles. The van der Waals surface area contributed by atoms with Crippen LogP contribution in [0.25, 0.3) is 0 Å². The Balaban J connectivity index is 1.74. The van der Waals surface area contributed by atoms with Crippen LogP contribution in [0.5, 0.6) is 0 Å². The first-order valence-corrected chi connectivity index (χ1v) is 7.09. The molecular weight excluding hydrogens is 294 g/mol. The molecule has 0 saturated carbocycles. The Morgan fingerprint density at radius 2 is 2.05 bits per heavy atom. The monoisotopic (exact) mass is 306 g/mol. The molecule has 0 fully saturated rings. The Bertz CT molecular complexity index is 691. The fraction of sp³-hybridized carbons (Fsp3) is 0.143. The van der Waals surface area contributed by atoms with Gasteiger partial charge in [0.05, 0.1) is 22.3 Å². The van der Waals surface area contributed by atoms with Gasteiger partial charge in [-0.05, 0) is 25.1 Å². The van der Waals surface area contributed by atoms with E-state index in [0.29, 0.717) is 16.5 Å². The van der Waals surface area contributed by atoms with Gasteiger partial charge in [-0.3, -0.25) is 4.98 Å². The second-order valence-electron chi connectivity index (χ2n) is 4.54. The van der Waals surface area contributed by atoms with E-state index in [4.69, 9.17) is 0 Å². The largest absolute Gasteiger partial charge is 0.347 e. The number of nitrogens with zero attached hydrogens (tertiary/aromatic N) is 2. The molecule has 1 unspecified atom stereocenters. The number of nitrogens with one attached hydrogen (secondary N) is 2. The molecule has 21 heavy (non-hydrogen) atoms. The van der Waals surface area contributed by atoms with E-state index in [0.717, 1.165) is 29.8 Å². The molecule has 0 spiro atoms. The molecule has 0 bridgehead atoms. The van der Waals surface area contributed by atoms with Crippen molar-refractivity contribution >= 4 is 23.6 Å². The highest BCUT2D eigenvalue weighted by Crippen LogP contribution is 2.33. The highest BCUT2D eigenvalue weighted by atomic mass is 32.2. The fourth-order valence-electron chi connectivity index (χ4n) is 1.92. The van der Waals surface area contributed by atoms with Crippen LogP contribution in [0.4, 0.5) is 14.5 Å². The van der Waals surface area contributed by atoms with Gasteiger partial charge >= 0.3 is 0 Å². The molecule has 0 amide bonds. The van der Waals surface area contributed by atoms with Crippen LogP contribution in [0.15, 0.2) is 45.8 Å². The van der Waals surface area contributed by atoms with Crippen LogP contribution in [-0.2, 0) is 0 Å². The van der Waals surface area contributed by atoms with Gasteiger partial charge in [-0.2, -0.15) is 4.40 Å². The minimum absolute atomic E-state index is 0.0649. The minimum Gasteiger partial charge on any atom is -0.347 e. The lowest BCUT2D eigenvalue weighted by Gasteiger charge is -2.21. The Morgan fingerprint density at radius 1 is 1.24 bits per heavy atom. The number of rotatable bonds is 2. The van der Waals surface area contributed by atoms with E-state index in [1.807, 2.05) is 25.1 Å². The van der Waals surface area contributed by atoms with Crippen molar-refractivity contribution in [3.05, 3.63) is 53.9 Å². The van der Waals surface area contributed by atoms with Gasteiger partial charge in [0.25, 0.3) is 0 Å². The number of aromatic nitrogens is 1. The maximum absolute atomic E-state index is 13.3. The number of guanidine groups is 1. The third-order valence-electron chi connectivity index (χ3n) is 3.00. The third kappa shape index (κ3) is 2.97. The lowest BCUT2D eigenvalue weighted by atomic mass is 10.2. The van der Waals surface area contributed by atoms with E-state index in [1.54, 1.807) is 6.20 Å². The molecule has 0 aliphatic carbocycles. The number of hydrogen-bond donors (Lipinski definition) is 2. The van der Waals surface area contributed by atoms with Gasteiger partial charge in [0.2, 0.25) is 5.96 Å². The molecule has 4 nitrogen and oxygen atoms in total. The highest BCUT2D eigenvalue weighted by Gasteiger charge is 2.18. The quantitative estimate of drug-likeness (QED) is 0.834. The summed E-state index contributed by atoms with van der Waals surface area (Å²) in [6, 6.07) is 7.83. The third-order valence-corrected chi connectivity index (χ3v) is 3.80. The zero-order chi connectivity index (χ0) is 14.8. The molecule has 1 aromatic carbocycles.